The van der Waals surface area contributed by atoms with Crippen LogP contribution in [0.2, 0.25) is 5.02 Å². The number of carbonyl (C=O) groups is 1. The third-order valence-corrected chi connectivity index (χ3v) is 4.06. The van der Waals surface area contributed by atoms with E-state index in [4.69, 9.17) is 30.9 Å². The van der Waals surface area contributed by atoms with Crippen LogP contribution in [0, 0.1) is 10.1 Å². The number of aliphatic carboxylic acids is 1. The van der Waals surface area contributed by atoms with Crippen LogP contribution in [-0.2, 0) is 20.4 Å². The summed E-state index contributed by atoms with van der Waals surface area (Å²) >= 11 is 5.86. The third kappa shape index (κ3) is 6.98. The van der Waals surface area contributed by atoms with E-state index >= 15 is 0 Å². The summed E-state index contributed by atoms with van der Waals surface area (Å²) in [6, 6.07) is 6.11. The first-order chi connectivity index (χ1) is 14.5. The molecule has 0 saturated carbocycles. The molecule has 0 aliphatic rings. The zero-order valence-electron chi connectivity index (χ0n) is 15.8. The van der Waals surface area contributed by atoms with Crippen LogP contribution in [0.15, 0.2) is 36.4 Å². The molecule has 0 saturated heterocycles. The zero-order valence-corrected chi connectivity index (χ0v) is 16.6. The molecule has 2 aromatic rings. The number of anilines is 1. The number of nitrogens with one attached hydrogen (secondary N) is 1. The Morgan fingerprint density at radius 2 is 2.00 bits per heavy atom. The summed E-state index contributed by atoms with van der Waals surface area (Å²) in [5.41, 5.74) is -1.31. The lowest BCUT2D eigenvalue weighted by Crippen LogP contribution is -2.27. The number of nitro benzene ring substituents is 1. The molecule has 0 spiro atoms. The smallest absolute Gasteiger partial charge is 0.416 e. The van der Waals surface area contributed by atoms with Crippen molar-refractivity contribution in [2.24, 2.45) is 0 Å². The van der Waals surface area contributed by atoms with Crippen molar-refractivity contribution >= 4 is 28.9 Å². The largest absolute Gasteiger partial charge is 0.480 e. The maximum Gasteiger partial charge on any atom is 0.416 e. The number of nitrogens with zero attached hydrogens (tertiary/aromatic N) is 1. The normalized spacial score (nSPS) is 12.3. The average molecular weight is 465 g/mol. The highest BCUT2D eigenvalue weighted by atomic mass is 35.5. The molecule has 2 rings (SSSR count). The fourth-order valence-corrected chi connectivity index (χ4v) is 2.55. The van der Waals surface area contributed by atoms with Crippen molar-refractivity contribution in [1.29, 1.82) is 0 Å². The van der Waals surface area contributed by atoms with E-state index in [0.717, 1.165) is 18.2 Å². The van der Waals surface area contributed by atoms with Gasteiger partial charge in [-0.15, -0.1) is 0 Å². The molecule has 0 heterocycles. The molecular formula is C18H16ClF3N2O7. The molecule has 168 valence electrons. The Morgan fingerprint density at radius 3 is 2.55 bits per heavy atom. The minimum Gasteiger partial charge on any atom is -0.480 e. The molecule has 9 nitrogen and oxygen atoms in total. The number of nitro groups is 1. The summed E-state index contributed by atoms with van der Waals surface area (Å²) in [6.45, 7) is -0.785. The summed E-state index contributed by atoms with van der Waals surface area (Å²) in [5, 5.41) is 22.3. The van der Waals surface area contributed by atoms with Crippen molar-refractivity contribution in [3.8, 4) is 11.5 Å². The van der Waals surface area contributed by atoms with Crippen molar-refractivity contribution in [1.82, 2.24) is 0 Å². The first-order valence-corrected chi connectivity index (χ1v) is 8.82. The van der Waals surface area contributed by atoms with Gasteiger partial charge in [-0.3, -0.25) is 10.1 Å². The Bertz CT molecular complexity index is 956. The van der Waals surface area contributed by atoms with Crippen LogP contribution in [0.4, 0.5) is 24.5 Å². The molecule has 1 atom stereocenters. The van der Waals surface area contributed by atoms with Gasteiger partial charge in [-0.05, 0) is 24.3 Å². The van der Waals surface area contributed by atoms with Crippen LogP contribution < -0.4 is 10.1 Å². The molecule has 31 heavy (non-hydrogen) atoms. The molecule has 1 unspecified atom stereocenters. The molecule has 13 heteroatoms. The van der Waals surface area contributed by atoms with Crippen molar-refractivity contribution in [3.05, 3.63) is 57.1 Å². The summed E-state index contributed by atoms with van der Waals surface area (Å²) in [5.74, 6) is -1.26. The Hall–Kier alpha value is -3.09. The van der Waals surface area contributed by atoms with E-state index < -0.39 is 35.5 Å². The number of benzene rings is 2. The van der Waals surface area contributed by atoms with E-state index in [9.17, 15) is 28.1 Å². The lowest BCUT2D eigenvalue weighted by Gasteiger charge is -2.17. The fourth-order valence-electron chi connectivity index (χ4n) is 2.33. The van der Waals surface area contributed by atoms with Crippen LogP contribution in [0.1, 0.15) is 5.56 Å². The second-order valence-electron chi connectivity index (χ2n) is 5.93. The van der Waals surface area contributed by atoms with Crippen LogP contribution in [0.25, 0.3) is 0 Å². The highest BCUT2D eigenvalue weighted by molar-refractivity contribution is 6.32. The molecule has 2 N–H and O–H groups in total. The maximum atomic E-state index is 12.8. The number of hydrogen-bond donors (Lipinski definition) is 2. The first kappa shape index (κ1) is 24.2. The highest BCUT2D eigenvalue weighted by Crippen LogP contribution is 2.38. The van der Waals surface area contributed by atoms with Gasteiger partial charge >= 0.3 is 12.1 Å². The number of alkyl halides is 3. The minimum absolute atomic E-state index is 0.0218. The summed E-state index contributed by atoms with van der Waals surface area (Å²) < 4.78 is 53.6. The van der Waals surface area contributed by atoms with Gasteiger partial charge < -0.3 is 24.6 Å². The molecule has 0 aliphatic heterocycles. The molecule has 0 radical (unpaired) electrons. The molecule has 0 aromatic heterocycles. The monoisotopic (exact) mass is 464 g/mol. The van der Waals surface area contributed by atoms with E-state index in [1.807, 2.05) is 0 Å². The Balaban J connectivity index is 2.21. The van der Waals surface area contributed by atoms with Crippen LogP contribution in [-0.4, -0.2) is 42.6 Å². The molecule has 2 aromatic carbocycles. The van der Waals surface area contributed by atoms with Gasteiger partial charge in [-0.25, -0.2) is 4.79 Å². The topological polar surface area (TPSA) is 120 Å². The van der Waals surface area contributed by atoms with Gasteiger partial charge in [0.25, 0.3) is 5.69 Å². The molecule has 0 fully saturated rings. The Labute approximate surface area is 178 Å². The zero-order chi connectivity index (χ0) is 23.2. The number of halogens is 4. The molecule has 0 aliphatic carbocycles. The summed E-state index contributed by atoms with van der Waals surface area (Å²) in [7, 11) is 1.26. The van der Waals surface area contributed by atoms with Crippen LogP contribution >= 0.6 is 11.6 Å². The standard InChI is InChI=1S/C18H16ClF3N2O7/c1-29-17(30-9-16(25)26)8-23-13-7-11(3-4-14(13)24(27)28)31-15-5-2-10(6-12(15)19)18(20,21)22/h2-7,17,23H,8-9H2,1H3,(H,25,26). The summed E-state index contributed by atoms with van der Waals surface area (Å²) in [6.07, 6.45) is -5.60. The molecular weight excluding hydrogens is 449 g/mol. The minimum atomic E-state index is -4.58. The average Bonchev–Trinajstić information content (AvgIpc) is 2.68. The van der Waals surface area contributed by atoms with E-state index in [0.29, 0.717) is 6.07 Å². The van der Waals surface area contributed by atoms with Crippen molar-refractivity contribution in [2.75, 3.05) is 25.6 Å². The third-order valence-electron chi connectivity index (χ3n) is 3.77. The van der Waals surface area contributed by atoms with E-state index in [1.165, 1.54) is 19.2 Å². The van der Waals surface area contributed by atoms with Crippen LogP contribution in [0.3, 0.4) is 0 Å². The Kier molecular flexibility index (Phi) is 8.02. The van der Waals surface area contributed by atoms with E-state index in [1.54, 1.807) is 0 Å². The SMILES string of the molecule is COC(CNc1cc(Oc2ccc(C(F)(F)F)cc2Cl)ccc1[N+](=O)[O-])OCC(=O)O. The van der Waals surface area contributed by atoms with E-state index in [-0.39, 0.29) is 34.4 Å². The number of ether oxygens (including phenoxy) is 3. The van der Waals surface area contributed by atoms with Gasteiger partial charge in [0.2, 0.25) is 0 Å². The van der Waals surface area contributed by atoms with Crippen molar-refractivity contribution in [2.45, 2.75) is 12.5 Å². The van der Waals surface area contributed by atoms with E-state index in [2.05, 4.69) is 5.32 Å². The maximum absolute atomic E-state index is 12.8. The number of methoxy groups -OCH3 is 1. The molecule has 0 bridgehead atoms. The van der Waals surface area contributed by atoms with Gasteiger partial charge in [0.1, 0.15) is 23.8 Å². The van der Waals surface area contributed by atoms with Gasteiger partial charge in [-0.2, -0.15) is 13.2 Å². The van der Waals surface area contributed by atoms with Gasteiger partial charge in [0, 0.05) is 19.2 Å². The van der Waals surface area contributed by atoms with Crippen molar-refractivity contribution in [3.63, 3.8) is 0 Å². The number of carboxylic acid groups (broad SMARTS) is 1. The quantitative estimate of drug-likeness (QED) is 0.298. The number of rotatable bonds is 10. The summed E-state index contributed by atoms with van der Waals surface area (Å²) in [4.78, 5) is 21.2. The lowest BCUT2D eigenvalue weighted by atomic mass is 10.2. The van der Waals surface area contributed by atoms with Gasteiger partial charge in [0.15, 0.2) is 6.29 Å². The lowest BCUT2D eigenvalue weighted by molar-refractivity contribution is -0.384. The highest BCUT2D eigenvalue weighted by Gasteiger charge is 2.31. The number of carboxylic acids is 1. The molecule has 0 amide bonds. The van der Waals surface area contributed by atoms with Gasteiger partial charge in [-0.1, -0.05) is 11.6 Å². The number of hydrogen-bond acceptors (Lipinski definition) is 7. The van der Waals surface area contributed by atoms with Crippen LogP contribution in [0.5, 0.6) is 11.5 Å². The second kappa shape index (κ2) is 10.3. The second-order valence-corrected chi connectivity index (χ2v) is 6.34. The Morgan fingerprint density at radius 1 is 1.29 bits per heavy atom. The predicted molar refractivity (Wildman–Crippen MR) is 102 cm³/mol. The van der Waals surface area contributed by atoms with Crippen molar-refractivity contribution < 1.29 is 42.2 Å². The first-order valence-electron chi connectivity index (χ1n) is 8.44. The predicted octanol–water partition coefficient (Wildman–Crippen LogP) is 4.54. The van der Waals surface area contributed by atoms with Gasteiger partial charge in [0.05, 0.1) is 22.1 Å². The fraction of sp³-hybridized carbons (Fsp3) is 0.278.